The van der Waals surface area contributed by atoms with Crippen molar-refractivity contribution in [1.29, 1.82) is 0 Å². The van der Waals surface area contributed by atoms with Crippen LogP contribution in [0.15, 0.2) is 12.1 Å². The molecular formula is C21H27FN4O2. The molecule has 1 fully saturated rings. The first kappa shape index (κ1) is 18.9. The quantitative estimate of drug-likeness (QED) is 0.846. The van der Waals surface area contributed by atoms with Crippen LogP contribution in [0.1, 0.15) is 54.0 Å². The van der Waals surface area contributed by atoms with Crippen LogP contribution in [0.4, 0.5) is 10.1 Å². The number of nitrogens with two attached hydrogens (primary N) is 1. The lowest BCUT2D eigenvalue weighted by molar-refractivity contribution is 0.0997. The van der Waals surface area contributed by atoms with Gasteiger partial charge in [-0.1, -0.05) is 13.8 Å². The fraction of sp³-hybridized carbons (Fsp3) is 0.524. The van der Waals surface area contributed by atoms with E-state index in [4.69, 9.17) is 15.6 Å². The van der Waals surface area contributed by atoms with Gasteiger partial charge in [0.15, 0.2) is 0 Å². The highest BCUT2D eigenvalue weighted by molar-refractivity contribution is 5.99. The van der Waals surface area contributed by atoms with Crippen LogP contribution in [0.3, 0.4) is 0 Å². The lowest BCUT2D eigenvalue weighted by atomic mass is 9.76. The third-order valence-electron chi connectivity index (χ3n) is 5.84. The number of ether oxygens (including phenoxy) is 1. The molecule has 0 spiro atoms. The lowest BCUT2D eigenvalue weighted by Crippen LogP contribution is -2.25. The van der Waals surface area contributed by atoms with Gasteiger partial charge < -0.3 is 15.8 Å². The highest BCUT2D eigenvalue weighted by Gasteiger charge is 2.31. The number of halogens is 1. The number of nitrogens with zero attached hydrogens (tertiary/aromatic N) is 2. The molecule has 7 heteroatoms. The Morgan fingerprint density at radius 3 is 2.89 bits per heavy atom. The summed E-state index contributed by atoms with van der Waals surface area (Å²) in [6.07, 6.45) is 3.76. The second-order valence-corrected chi connectivity index (χ2v) is 8.68. The van der Waals surface area contributed by atoms with Crippen molar-refractivity contribution in [3.05, 3.63) is 40.5 Å². The Morgan fingerprint density at radius 1 is 1.43 bits per heavy atom. The number of nitrogens with one attached hydrogen (secondary N) is 1. The monoisotopic (exact) mass is 386 g/mol. The maximum Gasteiger partial charge on any atom is 0.253 e. The van der Waals surface area contributed by atoms with Crippen molar-refractivity contribution < 1.29 is 13.9 Å². The number of primary amides is 1. The van der Waals surface area contributed by atoms with Crippen LogP contribution in [0.2, 0.25) is 0 Å². The average molecular weight is 386 g/mol. The van der Waals surface area contributed by atoms with E-state index in [0.29, 0.717) is 24.6 Å². The topological polar surface area (TPSA) is 82.2 Å². The van der Waals surface area contributed by atoms with Crippen molar-refractivity contribution in [3.63, 3.8) is 0 Å². The van der Waals surface area contributed by atoms with E-state index < -0.39 is 11.7 Å². The fourth-order valence-electron chi connectivity index (χ4n) is 4.28. The summed E-state index contributed by atoms with van der Waals surface area (Å²) in [6.45, 7) is 7.65. The molecule has 1 aliphatic heterocycles. The van der Waals surface area contributed by atoms with Gasteiger partial charge in [0, 0.05) is 18.4 Å². The number of hydrogen-bond acceptors (Lipinski definition) is 4. The van der Waals surface area contributed by atoms with Crippen molar-refractivity contribution >= 4 is 11.6 Å². The molecule has 0 radical (unpaired) electrons. The summed E-state index contributed by atoms with van der Waals surface area (Å²) in [5, 5.41) is 7.94. The number of amides is 1. The number of benzene rings is 1. The summed E-state index contributed by atoms with van der Waals surface area (Å²) in [5.41, 5.74) is 9.86. The van der Waals surface area contributed by atoms with E-state index in [2.05, 4.69) is 19.2 Å². The molecule has 1 saturated heterocycles. The normalized spacial score (nSPS) is 20.8. The molecule has 28 heavy (non-hydrogen) atoms. The highest BCUT2D eigenvalue weighted by Crippen LogP contribution is 2.37. The van der Waals surface area contributed by atoms with E-state index in [9.17, 15) is 9.18 Å². The number of anilines is 1. The zero-order valence-corrected chi connectivity index (χ0v) is 16.6. The minimum Gasteiger partial charge on any atom is -0.379 e. The Morgan fingerprint density at radius 2 is 2.21 bits per heavy atom. The van der Waals surface area contributed by atoms with E-state index in [-0.39, 0.29) is 17.0 Å². The predicted molar refractivity (Wildman–Crippen MR) is 105 cm³/mol. The van der Waals surface area contributed by atoms with E-state index in [1.54, 1.807) is 6.07 Å². The van der Waals surface area contributed by atoms with Crippen molar-refractivity contribution in [1.82, 2.24) is 9.78 Å². The molecule has 1 aliphatic carbocycles. The molecule has 1 amide bonds. The molecule has 2 heterocycles. The minimum atomic E-state index is -0.787. The van der Waals surface area contributed by atoms with Gasteiger partial charge in [0.25, 0.3) is 5.91 Å². The Labute approximate surface area is 164 Å². The molecule has 2 aromatic rings. The smallest absolute Gasteiger partial charge is 0.253 e. The molecule has 6 nitrogen and oxygen atoms in total. The first-order chi connectivity index (χ1) is 13.2. The Bertz CT molecular complexity index is 929. The molecule has 150 valence electrons. The van der Waals surface area contributed by atoms with E-state index >= 15 is 0 Å². The van der Waals surface area contributed by atoms with Crippen LogP contribution in [0.25, 0.3) is 5.69 Å². The van der Waals surface area contributed by atoms with Gasteiger partial charge in [-0.15, -0.1) is 0 Å². The van der Waals surface area contributed by atoms with Crippen molar-refractivity contribution in [2.24, 2.45) is 11.1 Å². The van der Waals surface area contributed by atoms with Crippen LogP contribution in [0, 0.1) is 18.2 Å². The van der Waals surface area contributed by atoms with Gasteiger partial charge in [-0.2, -0.15) is 5.10 Å². The molecule has 3 N–H and O–H groups in total. The van der Waals surface area contributed by atoms with Gasteiger partial charge >= 0.3 is 0 Å². The summed E-state index contributed by atoms with van der Waals surface area (Å²) in [4.78, 5) is 11.9. The summed E-state index contributed by atoms with van der Waals surface area (Å²) in [7, 11) is 0. The predicted octanol–water partition coefficient (Wildman–Crippen LogP) is 3.13. The fourth-order valence-corrected chi connectivity index (χ4v) is 4.28. The van der Waals surface area contributed by atoms with Gasteiger partial charge in [0.2, 0.25) is 0 Å². The second-order valence-electron chi connectivity index (χ2n) is 8.68. The molecular weight excluding hydrogens is 359 g/mol. The molecule has 1 aromatic heterocycles. The molecule has 0 saturated carbocycles. The molecule has 1 aromatic carbocycles. The lowest BCUT2D eigenvalue weighted by Gasteiger charge is -2.30. The maximum absolute atomic E-state index is 14.9. The third kappa shape index (κ3) is 3.39. The van der Waals surface area contributed by atoms with Gasteiger partial charge in [0.05, 0.1) is 35.3 Å². The Hall–Kier alpha value is -2.41. The van der Waals surface area contributed by atoms with E-state index in [0.717, 1.165) is 37.1 Å². The summed E-state index contributed by atoms with van der Waals surface area (Å²) in [5.74, 6) is -1.42. The van der Waals surface area contributed by atoms with Crippen molar-refractivity contribution in [2.75, 3.05) is 18.5 Å². The van der Waals surface area contributed by atoms with Crippen LogP contribution in [0.5, 0.6) is 0 Å². The Balaban J connectivity index is 1.81. The zero-order valence-electron chi connectivity index (χ0n) is 16.6. The second kappa shape index (κ2) is 6.88. The Kier molecular flexibility index (Phi) is 4.65. The zero-order chi connectivity index (χ0) is 20.1. The van der Waals surface area contributed by atoms with Crippen molar-refractivity contribution in [2.45, 2.75) is 52.5 Å². The van der Waals surface area contributed by atoms with E-state index in [1.165, 1.54) is 11.6 Å². The van der Waals surface area contributed by atoms with Crippen LogP contribution >= 0.6 is 0 Å². The standard InChI is InChI=1S/C21H27FN4O2/c1-12-15-4-6-21(2,3)10-18(15)26(25-12)14-8-16(22)19(20(23)27)17(9-14)24-13-5-7-28-11-13/h8-9,13,24H,4-7,10-11H2,1-3H3,(H2,23,27). The summed E-state index contributed by atoms with van der Waals surface area (Å²) in [6, 6.07) is 3.15. The number of hydrogen-bond donors (Lipinski definition) is 2. The molecule has 1 unspecified atom stereocenters. The largest absolute Gasteiger partial charge is 0.379 e. The number of aromatic nitrogens is 2. The van der Waals surface area contributed by atoms with Gasteiger partial charge in [0.1, 0.15) is 5.82 Å². The average Bonchev–Trinajstić information content (AvgIpc) is 3.21. The van der Waals surface area contributed by atoms with Gasteiger partial charge in [-0.25, -0.2) is 9.07 Å². The summed E-state index contributed by atoms with van der Waals surface area (Å²) >= 11 is 0. The first-order valence-electron chi connectivity index (χ1n) is 9.80. The van der Waals surface area contributed by atoms with Crippen molar-refractivity contribution in [3.8, 4) is 5.69 Å². The van der Waals surface area contributed by atoms with Crippen LogP contribution < -0.4 is 11.1 Å². The maximum atomic E-state index is 14.9. The van der Waals surface area contributed by atoms with Gasteiger partial charge in [-0.3, -0.25) is 4.79 Å². The number of aryl methyl sites for hydroxylation is 1. The van der Waals surface area contributed by atoms with Gasteiger partial charge in [-0.05, 0) is 49.7 Å². The minimum absolute atomic E-state index is 0.0277. The first-order valence-corrected chi connectivity index (χ1v) is 9.80. The SMILES string of the molecule is Cc1nn(-c2cc(F)c(C(N)=O)c(NC3CCOC3)c2)c2c1CCC(C)(C)C2. The number of carbonyl (C=O) groups excluding carboxylic acids is 1. The highest BCUT2D eigenvalue weighted by atomic mass is 19.1. The summed E-state index contributed by atoms with van der Waals surface area (Å²) < 4.78 is 22.1. The van der Waals surface area contributed by atoms with Crippen LogP contribution in [-0.2, 0) is 17.6 Å². The number of carbonyl (C=O) groups is 1. The van der Waals surface area contributed by atoms with Crippen LogP contribution in [-0.4, -0.2) is 34.9 Å². The molecule has 4 rings (SSSR count). The molecule has 2 aliphatic rings. The molecule has 1 atom stereocenters. The molecule has 0 bridgehead atoms. The number of rotatable bonds is 4. The van der Waals surface area contributed by atoms with E-state index in [1.807, 2.05) is 11.6 Å². The number of fused-ring (bicyclic) bond motifs is 1. The third-order valence-corrected chi connectivity index (χ3v) is 5.84.